The van der Waals surface area contributed by atoms with Crippen LogP contribution in [-0.2, 0) is 20.8 Å². The van der Waals surface area contributed by atoms with Crippen molar-refractivity contribution in [2.75, 3.05) is 39.6 Å². The van der Waals surface area contributed by atoms with Crippen LogP contribution in [0, 0.1) is 0 Å². The average Bonchev–Trinajstić information content (AvgIpc) is 2.46. The van der Waals surface area contributed by atoms with Gasteiger partial charge < -0.3 is 19.3 Å². The van der Waals surface area contributed by atoms with Crippen molar-refractivity contribution in [2.45, 2.75) is 19.4 Å². The third kappa shape index (κ3) is 9.62. The zero-order valence-corrected chi connectivity index (χ0v) is 11.4. The number of hydrogen-bond acceptors (Lipinski definition) is 4. The van der Waals surface area contributed by atoms with Crippen LogP contribution in [0.1, 0.15) is 18.4 Å². The normalized spacial score (nSPS) is 10.8. The SMILES string of the molecule is OCCOCCOCCCCOCc1ccccc1. The van der Waals surface area contributed by atoms with E-state index in [0.717, 1.165) is 26.1 Å². The highest BCUT2D eigenvalue weighted by Crippen LogP contribution is 2.01. The second-order valence-electron chi connectivity index (χ2n) is 4.19. The number of rotatable bonds is 12. The summed E-state index contributed by atoms with van der Waals surface area (Å²) in [4.78, 5) is 0. The van der Waals surface area contributed by atoms with E-state index in [4.69, 9.17) is 19.3 Å². The Morgan fingerprint density at radius 1 is 0.737 bits per heavy atom. The van der Waals surface area contributed by atoms with Gasteiger partial charge in [0.25, 0.3) is 0 Å². The molecule has 0 aliphatic rings. The second-order valence-corrected chi connectivity index (χ2v) is 4.19. The van der Waals surface area contributed by atoms with Gasteiger partial charge in [0.1, 0.15) is 0 Å². The lowest BCUT2D eigenvalue weighted by atomic mass is 10.2. The number of unbranched alkanes of at least 4 members (excludes halogenated alkanes) is 1. The topological polar surface area (TPSA) is 47.9 Å². The molecule has 0 saturated heterocycles. The van der Waals surface area contributed by atoms with Crippen LogP contribution < -0.4 is 0 Å². The van der Waals surface area contributed by atoms with E-state index in [-0.39, 0.29) is 6.61 Å². The lowest BCUT2D eigenvalue weighted by molar-refractivity contribution is 0.0297. The summed E-state index contributed by atoms with van der Waals surface area (Å²) in [6, 6.07) is 10.2. The monoisotopic (exact) mass is 268 g/mol. The Bertz CT molecular complexity index is 289. The van der Waals surface area contributed by atoms with Crippen molar-refractivity contribution in [1.29, 1.82) is 0 Å². The van der Waals surface area contributed by atoms with E-state index in [1.807, 2.05) is 18.2 Å². The van der Waals surface area contributed by atoms with Gasteiger partial charge in [0.15, 0.2) is 0 Å². The molecule has 1 aromatic carbocycles. The van der Waals surface area contributed by atoms with Crippen molar-refractivity contribution in [3.05, 3.63) is 35.9 Å². The summed E-state index contributed by atoms with van der Waals surface area (Å²) in [5.74, 6) is 0. The maximum atomic E-state index is 8.49. The smallest absolute Gasteiger partial charge is 0.0716 e. The minimum absolute atomic E-state index is 0.0682. The Hall–Kier alpha value is -0.940. The van der Waals surface area contributed by atoms with Crippen LogP contribution in [0.15, 0.2) is 30.3 Å². The van der Waals surface area contributed by atoms with E-state index in [1.165, 1.54) is 5.56 Å². The van der Waals surface area contributed by atoms with Gasteiger partial charge in [-0.05, 0) is 18.4 Å². The van der Waals surface area contributed by atoms with Gasteiger partial charge in [0, 0.05) is 13.2 Å². The molecular weight excluding hydrogens is 244 g/mol. The van der Waals surface area contributed by atoms with Crippen LogP contribution in [0.5, 0.6) is 0 Å². The molecule has 4 nitrogen and oxygen atoms in total. The maximum Gasteiger partial charge on any atom is 0.0716 e. The number of aliphatic hydroxyl groups excluding tert-OH is 1. The van der Waals surface area contributed by atoms with E-state index in [9.17, 15) is 0 Å². The van der Waals surface area contributed by atoms with Crippen molar-refractivity contribution in [1.82, 2.24) is 0 Å². The molecule has 0 aliphatic heterocycles. The molecule has 0 bridgehead atoms. The highest BCUT2D eigenvalue weighted by Gasteiger charge is 1.93. The Balaban J connectivity index is 1.79. The third-order valence-electron chi connectivity index (χ3n) is 2.55. The molecule has 1 N–H and O–H groups in total. The fourth-order valence-corrected chi connectivity index (χ4v) is 1.56. The van der Waals surface area contributed by atoms with Gasteiger partial charge >= 0.3 is 0 Å². The second kappa shape index (κ2) is 12.1. The molecule has 1 aromatic rings. The quantitative estimate of drug-likeness (QED) is 0.589. The first-order valence-electron chi connectivity index (χ1n) is 6.81. The summed E-state index contributed by atoms with van der Waals surface area (Å²) < 4.78 is 16.0. The predicted octanol–water partition coefficient (Wildman–Crippen LogP) is 2.01. The molecule has 4 heteroatoms. The van der Waals surface area contributed by atoms with Gasteiger partial charge in [-0.25, -0.2) is 0 Å². The number of ether oxygens (including phenoxy) is 3. The molecular formula is C15H24O4. The first-order valence-corrected chi connectivity index (χ1v) is 6.81. The van der Waals surface area contributed by atoms with Crippen molar-refractivity contribution in [3.8, 4) is 0 Å². The molecule has 0 saturated carbocycles. The fourth-order valence-electron chi connectivity index (χ4n) is 1.56. The zero-order valence-electron chi connectivity index (χ0n) is 11.4. The molecule has 0 aromatic heterocycles. The predicted molar refractivity (Wildman–Crippen MR) is 74.1 cm³/mol. The average molecular weight is 268 g/mol. The lowest BCUT2D eigenvalue weighted by Gasteiger charge is -2.06. The van der Waals surface area contributed by atoms with Crippen LogP contribution in [-0.4, -0.2) is 44.7 Å². The summed E-state index contributed by atoms with van der Waals surface area (Å²) in [6.45, 7) is 3.76. The molecule has 108 valence electrons. The third-order valence-corrected chi connectivity index (χ3v) is 2.55. The number of benzene rings is 1. The lowest BCUT2D eigenvalue weighted by Crippen LogP contribution is -2.08. The summed E-state index contributed by atoms with van der Waals surface area (Å²) >= 11 is 0. The Kier molecular flexibility index (Phi) is 10.3. The van der Waals surface area contributed by atoms with E-state index in [1.54, 1.807) is 0 Å². The van der Waals surface area contributed by atoms with E-state index < -0.39 is 0 Å². The van der Waals surface area contributed by atoms with Crippen LogP contribution in [0.25, 0.3) is 0 Å². The van der Waals surface area contributed by atoms with E-state index >= 15 is 0 Å². The minimum atomic E-state index is 0.0682. The van der Waals surface area contributed by atoms with Gasteiger partial charge in [0.2, 0.25) is 0 Å². The number of hydrogen-bond donors (Lipinski definition) is 1. The first-order chi connectivity index (χ1) is 9.43. The van der Waals surface area contributed by atoms with Crippen LogP contribution >= 0.6 is 0 Å². The summed E-state index contributed by atoms with van der Waals surface area (Å²) in [5, 5.41) is 8.49. The molecule has 0 aliphatic carbocycles. The highest BCUT2D eigenvalue weighted by atomic mass is 16.5. The molecule has 0 unspecified atom stereocenters. The molecule has 0 fully saturated rings. The van der Waals surface area contributed by atoms with Gasteiger partial charge in [-0.15, -0.1) is 0 Å². The van der Waals surface area contributed by atoms with Crippen LogP contribution in [0.2, 0.25) is 0 Å². The van der Waals surface area contributed by atoms with Gasteiger partial charge in [-0.2, -0.15) is 0 Å². The zero-order chi connectivity index (χ0) is 13.6. The minimum Gasteiger partial charge on any atom is -0.394 e. The van der Waals surface area contributed by atoms with E-state index in [0.29, 0.717) is 26.4 Å². The summed E-state index contributed by atoms with van der Waals surface area (Å²) in [7, 11) is 0. The van der Waals surface area contributed by atoms with Crippen molar-refractivity contribution in [3.63, 3.8) is 0 Å². The van der Waals surface area contributed by atoms with Gasteiger partial charge in [-0.3, -0.25) is 0 Å². The Morgan fingerprint density at radius 3 is 2.05 bits per heavy atom. The Morgan fingerprint density at radius 2 is 1.37 bits per heavy atom. The summed E-state index contributed by atoms with van der Waals surface area (Å²) in [5.41, 5.74) is 1.21. The molecule has 0 spiro atoms. The molecule has 0 atom stereocenters. The molecule has 0 heterocycles. The van der Waals surface area contributed by atoms with Crippen molar-refractivity contribution < 1.29 is 19.3 Å². The first kappa shape index (κ1) is 16.1. The number of aliphatic hydroxyl groups is 1. The molecule has 19 heavy (non-hydrogen) atoms. The highest BCUT2D eigenvalue weighted by molar-refractivity contribution is 5.13. The fraction of sp³-hybridized carbons (Fsp3) is 0.600. The standard InChI is InChI=1S/C15H24O4/c16-8-11-18-13-12-17-9-4-5-10-19-14-15-6-2-1-3-7-15/h1-3,6-7,16H,4-5,8-14H2. The van der Waals surface area contributed by atoms with Crippen LogP contribution in [0.4, 0.5) is 0 Å². The van der Waals surface area contributed by atoms with Gasteiger partial charge in [0.05, 0.1) is 33.0 Å². The Labute approximate surface area is 115 Å². The maximum absolute atomic E-state index is 8.49. The largest absolute Gasteiger partial charge is 0.394 e. The van der Waals surface area contributed by atoms with Gasteiger partial charge in [-0.1, -0.05) is 30.3 Å². The summed E-state index contributed by atoms with van der Waals surface area (Å²) in [6.07, 6.45) is 2.00. The molecule has 1 rings (SSSR count). The van der Waals surface area contributed by atoms with Crippen LogP contribution in [0.3, 0.4) is 0 Å². The molecule has 0 amide bonds. The van der Waals surface area contributed by atoms with Crippen molar-refractivity contribution >= 4 is 0 Å². The van der Waals surface area contributed by atoms with E-state index in [2.05, 4.69) is 12.1 Å². The van der Waals surface area contributed by atoms with Crippen molar-refractivity contribution in [2.24, 2.45) is 0 Å². The molecule has 0 radical (unpaired) electrons.